The lowest BCUT2D eigenvalue weighted by Gasteiger charge is -2.07. The Hall–Kier alpha value is -1.22. The molecule has 0 spiro atoms. The minimum atomic E-state index is -3.57. The van der Waals surface area contributed by atoms with Gasteiger partial charge in [0.05, 0.1) is 6.20 Å². The summed E-state index contributed by atoms with van der Waals surface area (Å²) >= 11 is 1.55. The second-order valence-electron chi connectivity index (χ2n) is 5.23. The number of hydrogen-bond acceptors (Lipinski definition) is 5. The first-order valence-corrected chi connectivity index (χ1v) is 9.21. The molecular weight excluding hydrogens is 308 g/mol. The van der Waals surface area contributed by atoms with Crippen molar-refractivity contribution in [2.24, 2.45) is 0 Å². The fraction of sp³-hybridized carbons (Fsp3) is 0.462. The first-order valence-electron chi connectivity index (χ1n) is 6.84. The number of nitrogens with one attached hydrogen (secondary N) is 3. The molecule has 8 heteroatoms. The van der Waals surface area contributed by atoms with E-state index in [-0.39, 0.29) is 5.03 Å². The Morgan fingerprint density at radius 3 is 2.90 bits per heavy atom. The third-order valence-corrected chi connectivity index (χ3v) is 5.93. The molecule has 0 unspecified atom stereocenters. The van der Waals surface area contributed by atoms with Crippen LogP contribution in [0.2, 0.25) is 0 Å². The first kappa shape index (κ1) is 14.7. The SMILES string of the molecule is Cc1ccsc1CNS(=O)(=O)c1[nH]ncc1CNC1CC1. The number of aryl methyl sites for hydroxylation is 1. The van der Waals surface area contributed by atoms with Crippen LogP contribution in [-0.4, -0.2) is 24.7 Å². The van der Waals surface area contributed by atoms with Gasteiger partial charge in [-0.05, 0) is 36.8 Å². The number of aromatic nitrogens is 2. The number of nitrogens with zero attached hydrogens (tertiary/aromatic N) is 1. The van der Waals surface area contributed by atoms with Gasteiger partial charge in [0.25, 0.3) is 10.0 Å². The van der Waals surface area contributed by atoms with E-state index in [1.807, 2.05) is 18.4 Å². The maximum absolute atomic E-state index is 12.4. The normalized spacial score (nSPS) is 15.5. The minimum Gasteiger partial charge on any atom is -0.310 e. The largest absolute Gasteiger partial charge is 0.310 e. The summed E-state index contributed by atoms with van der Waals surface area (Å²) in [6, 6.07) is 2.51. The van der Waals surface area contributed by atoms with Gasteiger partial charge in [0.2, 0.25) is 0 Å². The summed E-state index contributed by atoms with van der Waals surface area (Å²) in [5.41, 5.74) is 1.78. The van der Waals surface area contributed by atoms with Crippen LogP contribution in [0.1, 0.15) is 28.8 Å². The van der Waals surface area contributed by atoms with E-state index in [0.717, 1.165) is 23.3 Å². The Kier molecular flexibility index (Phi) is 4.12. The highest BCUT2D eigenvalue weighted by Crippen LogP contribution is 2.21. The van der Waals surface area contributed by atoms with Gasteiger partial charge in [-0.15, -0.1) is 11.3 Å². The lowest BCUT2D eigenvalue weighted by Crippen LogP contribution is -2.25. The molecule has 0 bridgehead atoms. The molecule has 1 aliphatic carbocycles. The zero-order chi connectivity index (χ0) is 14.9. The van der Waals surface area contributed by atoms with Gasteiger partial charge in [0.1, 0.15) is 0 Å². The topological polar surface area (TPSA) is 86.9 Å². The van der Waals surface area contributed by atoms with Crippen molar-refractivity contribution in [2.45, 2.75) is 43.9 Å². The van der Waals surface area contributed by atoms with E-state index in [4.69, 9.17) is 0 Å². The Morgan fingerprint density at radius 2 is 2.24 bits per heavy atom. The second-order valence-corrected chi connectivity index (χ2v) is 7.94. The molecule has 1 aliphatic rings. The third-order valence-electron chi connectivity index (χ3n) is 3.50. The van der Waals surface area contributed by atoms with E-state index in [1.165, 1.54) is 0 Å². The molecule has 0 aromatic carbocycles. The lowest BCUT2D eigenvalue weighted by molar-refractivity contribution is 0.574. The summed E-state index contributed by atoms with van der Waals surface area (Å²) in [6.45, 7) is 2.80. The first-order chi connectivity index (χ1) is 10.1. The Balaban J connectivity index is 1.69. The van der Waals surface area contributed by atoms with E-state index >= 15 is 0 Å². The van der Waals surface area contributed by atoms with E-state index < -0.39 is 10.0 Å². The monoisotopic (exact) mass is 326 g/mol. The van der Waals surface area contributed by atoms with Crippen LogP contribution in [0.15, 0.2) is 22.7 Å². The molecular formula is C13H18N4O2S2. The van der Waals surface area contributed by atoms with Crippen molar-refractivity contribution in [2.75, 3.05) is 0 Å². The molecule has 2 aromatic rings. The number of thiophene rings is 1. The zero-order valence-electron chi connectivity index (χ0n) is 11.7. The molecule has 0 saturated heterocycles. The Bertz CT molecular complexity index is 716. The van der Waals surface area contributed by atoms with Crippen molar-refractivity contribution in [3.8, 4) is 0 Å². The molecule has 0 aliphatic heterocycles. The number of aromatic amines is 1. The Morgan fingerprint density at radius 1 is 1.43 bits per heavy atom. The van der Waals surface area contributed by atoms with Crippen LogP contribution in [0.3, 0.4) is 0 Å². The summed E-state index contributed by atoms with van der Waals surface area (Å²) in [4.78, 5) is 1.02. The average molecular weight is 326 g/mol. The van der Waals surface area contributed by atoms with Crippen LogP contribution < -0.4 is 10.0 Å². The number of rotatable bonds is 7. The van der Waals surface area contributed by atoms with E-state index in [1.54, 1.807) is 17.5 Å². The molecule has 114 valence electrons. The predicted molar refractivity (Wildman–Crippen MR) is 81.5 cm³/mol. The molecule has 0 amide bonds. The number of H-pyrrole nitrogens is 1. The highest BCUT2D eigenvalue weighted by molar-refractivity contribution is 7.89. The van der Waals surface area contributed by atoms with Crippen molar-refractivity contribution in [1.29, 1.82) is 0 Å². The molecule has 3 rings (SSSR count). The van der Waals surface area contributed by atoms with Gasteiger partial charge in [0, 0.05) is 29.6 Å². The molecule has 6 nitrogen and oxygen atoms in total. The maximum atomic E-state index is 12.4. The van der Waals surface area contributed by atoms with Crippen molar-refractivity contribution in [3.05, 3.63) is 33.6 Å². The van der Waals surface area contributed by atoms with Crippen LogP contribution in [0.4, 0.5) is 0 Å². The summed E-state index contributed by atoms with van der Waals surface area (Å²) in [5.74, 6) is 0. The van der Waals surface area contributed by atoms with E-state index in [2.05, 4.69) is 20.2 Å². The standard InChI is InChI=1S/C13H18N4O2S2/c1-9-4-5-20-12(9)8-16-21(18,19)13-10(7-15-17-13)6-14-11-2-3-11/h4-5,7,11,14,16H,2-3,6,8H2,1H3,(H,15,17). The van der Waals surface area contributed by atoms with Gasteiger partial charge in [-0.1, -0.05) is 0 Å². The quantitative estimate of drug-likeness (QED) is 0.720. The van der Waals surface area contributed by atoms with Gasteiger partial charge in [0.15, 0.2) is 5.03 Å². The molecule has 1 fully saturated rings. The average Bonchev–Trinajstić information content (AvgIpc) is 2.98. The molecule has 0 atom stereocenters. The molecule has 0 radical (unpaired) electrons. The summed E-state index contributed by atoms with van der Waals surface area (Å²) in [5, 5.41) is 11.9. The van der Waals surface area contributed by atoms with Crippen LogP contribution in [-0.2, 0) is 23.1 Å². The van der Waals surface area contributed by atoms with Gasteiger partial charge < -0.3 is 5.32 Å². The fourth-order valence-corrected chi connectivity index (χ4v) is 4.08. The predicted octanol–water partition coefficient (Wildman–Crippen LogP) is 1.51. The van der Waals surface area contributed by atoms with Gasteiger partial charge >= 0.3 is 0 Å². The van der Waals surface area contributed by atoms with E-state index in [9.17, 15) is 8.42 Å². The number of hydrogen-bond donors (Lipinski definition) is 3. The lowest BCUT2D eigenvalue weighted by atomic mass is 10.3. The third kappa shape index (κ3) is 3.52. The zero-order valence-corrected chi connectivity index (χ0v) is 13.4. The summed E-state index contributed by atoms with van der Waals surface area (Å²) < 4.78 is 27.4. The maximum Gasteiger partial charge on any atom is 0.258 e. The molecule has 1 saturated carbocycles. The van der Waals surface area contributed by atoms with Crippen LogP contribution in [0.5, 0.6) is 0 Å². The number of sulfonamides is 1. The van der Waals surface area contributed by atoms with Gasteiger partial charge in [-0.3, -0.25) is 5.10 Å². The summed E-state index contributed by atoms with van der Waals surface area (Å²) in [7, 11) is -3.57. The summed E-state index contributed by atoms with van der Waals surface area (Å²) in [6.07, 6.45) is 3.89. The van der Waals surface area contributed by atoms with Crippen molar-refractivity contribution in [1.82, 2.24) is 20.2 Å². The van der Waals surface area contributed by atoms with Crippen molar-refractivity contribution < 1.29 is 8.42 Å². The Labute approximate surface area is 128 Å². The molecule has 2 aromatic heterocycles. The van der Waals surface area contributed by atoms with Gasteiger partial charge in [-0.25, -0.2) is 13.1 Å². The van der Waals surface area contributed by atoms with E-state index in [0.29, 0.717) is 24.7 Å². The minimum absolute atomic E-state index is 0.157. The molecule has 2 heterocycles. The van der Waals surface area contributed by atoms with Crippen LogP contribution >= 0.6 is 11.3 Å². The van der Waals surface area contributed by atoms with Crippen molar-refractivity contribution in [3.63, 3.8) is 0 Å². The smallest absolute Gasteiger partial charge is 0.258 e. The molecule has 3 N–H and O–H groups in total. The fourth-order valence-electron chi connectivity index (χ4n) is 2.02. The highest BCUT2D eigenvalue weighted by atomic mass is 32.2. The van der Waals surface area contributed by atoms with Crippen LogP contribution in [0, 0.1) is 6.92 Å². The second kappa shape index (κ2) is 5.88. The van der Waals surface area contributed by atoms with Crippen LogP contribution in [0.25, 0.3) is 0 Å². The highest BCUT2D eigenvalue weighted by Gasteiger charge is 2.24. The van der Waals surface area contributed by atoms with Gasteiger partial charge in [-0.2, -0.15) is 5.10 Å². The van der Waals surface area contributed by atoms with Crippen molar-refractivity contribution >= 4 is 21.4 Å². The molecule has 21 heavy (non-hydrogen) atoms.